The Morgan fingerprint density at radius 3 is 2.19 bits per heavy atom. The van der Waals surface area contributed by atoms with Gasteiger partial charge in [-0.2, -0.15) is 0 Å². The van der Waals surface area contributed by atoms with Crippen LogP contribution in [0.3, 0.4) is 0 Å². The molecule has 2 rings (SSSR count). The molecular formula is C22H27NO3. The van der Waals surface area contributed by atoms with Crippen LogP contribution in [-0.4, -0.2) is 30.8 Å². The van der Waals surface area contributed by atoms with Crippen LogP contribution >= 0.6 is 0 Å². The third kappa shape index (κ3) is 6.54. The minimum Gasteiger partial charge on any atom is -0.366 e. The Hall–Kier alpha value is -2.30. The highest BCUT2D eigenvalue weighted by Gasteiger charge is 2.21. The molecule has 138 valence electrons. The molecule has 0 amide bonds. The summed E-state index contributed by atoms with van der Waals surface area (Å²) in [5.74, 6) is 0.0568. The Morgan fingerprint density at radius 1 is 0.962 bits per heavy atom. The number of ketones is 2. The van der Waals surface area contributed by atoms with Crippen LogP contribution in [0.4, 0.5) is 0 Å². The van der Waals surface area contributed by atoms with E-state index in [9.17, 15) is 9.59 Å². The van der Waals surface area contributed by atoms with Crippen molar-refractivity contribution >= 4 is 11.6 Å². The monoisotopic (exact) mass is 353 g/mol. The highest BCUT2D eigenvalue weighted by Crippen LogP contribution is 2.11. The first-order valence-electron chi connectivity index (χ1n) is 9.06. The summed E-state index contributed by atoms with van der Waals surface area (Å²) >= 11 is 0. The molecule has 0 aliphatic heterocycles. The number of rotatable bonds is 11. The van der Waals surface area contributed by atoms with Crippen molar-refractivity contribution in [2.45, 2.75) is 33.0 Å². The average Bonchev–Trinajstić information content (AvgIpc) is 2.68. The second kappa shape index (κ2) is 10.6. The summed E-state index contributed by atoms with van der Waals surface area (Å²) in [6, 6.07) is 19.0. The Kier molecular flexibility index (Phi) is 8.19. The molecule has 0 aliphatic carbocycles. The third-order valence-corrected chi connectivity index (χ3v) is 4.15. The predicted molar refractivity (Wildman–Crippen MR) is 103 cm³/mol. The zero-order valence-corrected chi connectivity index (χ0v) is 15.5. The quantitative estimate of drug-likeness (QED) is 0.495. The lowest BCUT2D eigenvalue weighted by Crippen LogP contribution is -2.33. The van der Waals surface area contributed by atoms with Crippen LogP contribution in [0.1, 0.15) is 36.2 Å². The van der Waals surface area contributed by atoms with Crippen LogP contribution in [0, 0.1) is 5.92 Å². The van der Waals surface area contributed by atoms with Crippen LogP contribution in [0.15, 0.2) is 60.7 Å². The van der Waals surface area contributed by atoms with Gasteiger partial charge in [0.15, 0.2) is 11.6 Å². The van der Waals surface area contributed by atoms with E-state index in [2.05, 4.69) is 5.32 Å². The number of Topliss-reactive ketones (excluding diaryl/α,β-unsaturated/α-hetero) is 2. The van der Waals surface area contributed by atoms with Gasteiger partial charge in [0.05, 0.1) is 13.2 Å². The van der Waals surface area contributed by atoms with Crippen molar-refractivity contribution in [1.82, 2.24) is 5.32 Å². The summed E-state index contributed by atoms with van der Waals surface area (Å²) in [5.41, 5.74) is 1.73. The predicted octanol–water partition coefficient (Wildman–Crippen LogP) is 3.66. The number of ether oxygens (including phenoxy) is 1. The summed E-state index contributed by atoms with van der Waals surface area (Å²) in [5, 5.41) is 3.12. The zero-order chi connectivity index (χ0) is 18.8. The minimum atomic E-state index is -0.463. The molecule has 0 heterocycles. The molecule has 0 spiro atoms. The van der Waals surface area contributed by atoms with Crippen molar-refractivity contribution in [1.29, 1.82) is 0 Å². The van der Waals surface area contributed by atoms with E-state index in [1.54, 1.807) is 12.1 Å². The third-order valence-electron chi connectivity index (χ3n) is 4.15. The van der Waals surface area contributed by atoms with E-state index < -0.39 is 6.10 Å². The lowest BCUT2D eigenvalue weighted by Gasteiger charge is -2.19. The van der Waals surface area contributed by atoms with Crippen molar-refractivity contribution in [3.8, 4) is 0 Å². The molecule has 0 radical (unpaired) electrons. The van der Waals surface area contributed by atoms with Crippen LogP contribution in [-0.2, 0) is 16.1 Å². The normalized spacial score (nSPS) is 12.1. The van der Waals surface area contributed by atoms with Crippen LogP contribution < -0.4 is 5.32 Å². The fraction of sp³-hybridized carbons (Fsp3) is 0.364. The molecule has 1 unspecified atom stereocenters. The molecule has 0 saturated carbocycles. The van der Waals surface area contributed by atoms with Crippen molar-refractivity contribution in [2.75, 3.05) is 13.1 Å². The highest BCUT2D eigenvalue weighted by atomic mass is 16.5. The lowest BCUT2D eigenvalue weighted by atomic mass is 10.0. The SMILES string of the molecule is CC(C)C(=O)C(CCNCC(=O)c1ccccc1)OCc1ccccc1. The molecule has 2 aromatic rings. The second-order valence-electron chi connectivity index (χ2n) is 6.60. The first kappa shape index (κ1) is 20.0. The Morgan fingerprint density at radius 2 is 1.58 bits per heavy atom. The summed E-state index contributed by atoms with van der Waals surface area (Å²) in [4.78, 5) is 24.5. The number of hydrogen-bond acceptors (Lipinski definition) is 4. The molecule has 0 saturated heterocycles. The number of carbonyl (C=O) groups excluding carboxylic acids is 2. The lowest BCUT2D eigenvalue weighted by molar-refractivity contribution is -0.134. The van der Waals surface area contributed by atoms with Gasteiger partial charge in [0.1, 0.15) is 6.10 Å². The number of benzene rings is 2. The highest BCUT2D eigenvalue weighted by molar-refractivity contribution is 5.97. The van der Waals surface area contributed by atoms with Gasteiger partial charge in [-0.3, -0.25) is 9.59 Å². The van der Waals surface area contributed by atoms with Gasteiger partial charge in [0, 0.05) is 11.5 Å². The molecule has 26 heavy (non-hydrogen) atoms. The Balaban J connectivity index is 1.80. The molecular weight excluding hydrogens is 326 g/mol. The van der Waals surface area contributed by atoms with Gasteiger partial charge in [-0.15, -0.1) is 0 Å². The van der Waals surface area contributed by atoms with Crippen LogP contribution in [0.25, 0.3) is 0 Å². The summed E-state index contributed by atoms with van der Waals surface area (Å²) in [7, 11) is 0. The molecule has 1 atom stereocenters. The van der Waals surface area contributed by atoms with Crippen LogP contribution in [0.2, 0.25) is 0 Å². The molecule has 4 heteroatoms. The summed E-state index contributed by atoms with van der Waals surface area (Å²) in [6.07, 6.45) is 0.0841. The zero-order valence-electron chi connectivity index (χ0n) is 15.5. The molecule has 0 fully saturated rings. The van der Waals surface area contributed by atoms with Gasteiger partial charge in [-0.1, -0.05) is 74.5 Å². The van der Waals surface area contributed by atoms with Gasteiger partial charge in [0.2, 0.25) is 0 Å². The topological polar surface area (TPSA) is 55.4 Å². The van der Waals surface area contributed by atoms with Gasteiger partial charge >= 0.3 is 0 Å². The summed E-state index contributed by atoms with van der Waals surface area (Å²) < 4.78 is 5.87. The maximum atomic E-state index is 12.4. The number of nitrogens with one attached hydrogen (secondary N) is 1. The summed E-state index contributed by atoms with van der Waals surface area (Å²) in [6.45, 7) is 4.98. The largest absolute Gasteiger partial charge is 0.366 e. The minimum absolute atomic E-state index is 0.0440. The fourth-order valence-corrected chi connectivity index (χ4v) is 2.61. The van der Waals surface area contributed by atoms with E-state index in [0.29, 0.717) is 25.1 Å². The molecule has 1 N–H and O–H groups in total. The molecule has 2 aromatic carbocycles. The van der Waals surface area contributed by atoms with E-state index >= 15 is 0 Å². The van der Waals surface area contributed by atoms with E-state index in [4.69, 9.17) is 4.74 Å². The van der Waals surface area contributed by atoms with Gasteiger partial charge in [-0.25, -0.2) is 0 Å². The molecule has 4 nitrogen and oxygen atoms in total. The smallest absolute Gasteiger partial charge is 0.176 e. The van der Waals surface area contributed by atoms with E-state index in [1.165, 1.54) is 0 Å². The van der Waals surface area contributed by atoms with Gasteiger partial charge < -0.3 is 10.1 Å². The Bertz CT molecular complexity index is 683. The van der Waals surface area contributed by atoms with Gasteiger partial charge in [-0.05, 0) is 18.5 Å². The van der Waals surface area contributed by atoms with Crippen molar-refractivity contribution in [3.05, 3.63) is 71.8 Å². The number of carbonyl (C=O) groups is 2. The van der Waals surface area contributed by atoms with E-state index in [0.717, 1.165) is 5.56 Å². The maximum absolute atomic E-state index is 12.4. The van der Waals surface area contributed by atoms with E-state index in [-0.39, 0.29) is 24.0 Å². The van der Waals surface area contributed by atoms with Crippen molar-refractivity contribution in [2.24, 2.45) is 5.92 Å². The van der Waals surface area contributed by atoms with Crippen molar-refractivity contribution in [3.63, 3.8) is 0 Å². The molecule has 0 aliphatic rings. The number of hydrogen-bond donors (Lipinski definition) is 1. The average molecular weight is 353 g/mol. The second-order valence-corrected chi connectivity index (χ2v) is 6.60. The molecule has 0 aromatic heterocycles. The maximum Gasteiger partial charge on any atom is 0.176 e. The molecule has 0 bridgehead atoms. The first-order chi connectivity index (χ1) is 12.6. The van der Waals surface area contributed by atoms with E-state index in [1.807, 2.05) is 62.4 Å². The standard InChI is InChI=1S/C22H27NO3/c1-17(2)22(25)21(26-16-18-9-5-3-6-10-18)13-14-23-15-20(24)19-11-7-4-8-12-19/h3-12,17,21,23H,13-16H2,1-2H3. The van der Waals surface area contributed by atoms with Gasteiger partial charge in [0.25, 0.3) is 0 Å². The van der Waals surface area contributed by atoms with Crippen molar-refractivity contribution < 1.29 is 14.3 Å². The first-order valence-corrected chi connectivity index (χ1v) is 9.06. The fourth-order valence-electron chi connectivity index (χ4n) is 2.61. The van der Waals surface area contributed by atoms with Crippen LogP contribution in [0.5, 0.6) is 0 Å². The Labute approximate surface area is 155 Å².